The van der Waals surface area contributed by atoms with Crippen molar-refractivity contribution in [3.63, 3.8) is 0 Å². The molecule has 1 rings (SSSR count). The van der Waals surface area contributed by atoms with Gasteiger partial charge in [-0.05, 0) is 12.8 Å². The van der Waals surface area contributed by atoms with Crippen LogP contribution in [0.2, 0.25) is 0 Å². The molecule has 0 amide bonds. The van der Waals surface area contributed by atoms with E-state index in [1.54, 1.807) is 7.11 Å². The molecule has 1 fully saturated rings. The summed E-state index contributed by atoms with van der Waals surface area (Å²) in [6.07, 6.45) is 2.49. The molecule has 1 aliphatic heterocycles. The number of methoxy groups -OCH3 is 1. The lowest BCUT2D eigenvalue weighted by atomic mass is 10.2. The monoisotopic (exact) mass is 114 g/mol. The van der Waals surface area contributed by atoms with Crippen molar-refractivity contribution in [1.29, 1.82) is 0 Å². The second-order valence-corrected chi connectivity index (χ2v) is 2.16. The molecule has 1 aliphatic rings. The minimum Gasteiger partial charge on any atom is -0.383 e. The Hall–Kier alpha value is -0.0800. The molecule has 1 radical (unpaired) electrons. The Morgan fingerprint density at radius 1 is 1.75 bits per heavy atom. The Morgan fingerprint density at radius 3 is 3.12 bits per heavy atom. The Labute approximate surface area is 50.2 Å². The molecule has 1 saturated heterocycles. The van der Waals surface area contributed by atoms with Gasteiger partial charge in [-0.2, -0.15) is 0 Å². The molecule has 0 aromatic carbocycles. The molecule has 1 heterocycles. The SMILES string of the molecule is COC[C@H]1CCC[N]1. The summed E-state index contributed by atoms with van der Waals surface area (Å²) in [6.45, 7) is 1.87. The molecule has 0 spiro atoms. The second kappa shape index (κ2) is 3.05. The van der Waals surface area contributed by atoms with E-state index in [-0.39, 0.29) is 0 Å². The molecule has 1 atom stereocenters. The molecule has 0 N–H and O–H groups in total. The van der Waals surface area contributed by atoms with Gasteiger partial charge in [0.2, 0.25) is 0 Å². The van der Waals surface area contributed by atoms with E-state index in [0.29, 0.717) is 6.04 Å². The van der Waals surface area contributed by atoms with Gasteiger partial charge in [0.1, 0.15) is 0 Å². The Morgan fingerprint density at radius 2 is 2.62 bits per heavy atom. The van der Waals surface area contributed by atoms with Gasteiger partial charge in [0.05, 0.1) is 6.61 Å². The molecule has 0 aromatic rings. The predicted octanol–water partition coefficient (Wildman–Crippen LogP) is 0.400. The topological polar surface area (TPSA) is 23.3 Å². The molecule has 0 unspecified atom stereocenters. The first-order valence-corrected chi connectivity index (χ1v) is 3.09. The number of nitrogens with zero attached hydrogens (tertiary/aromatic N) is 1. The Kier molecular flexibility index (Phi) is 2.30. The smallest absolute Gasteiger partial charge is 0.0632 e. The average Bonchev–Trinajstić information content (AvgIpc) is 2.19. The zero-order valence-electron chi connectivity index (χ0n) is 5.26. The van der Waals surface area contributed by atoms with Crippen LogP contribution >= 0.6 is 0 Å². The quantitative estimate of drug-likeness (QED) is 0.509. The largest absolute Gasteiger partial charge is 0.383 e. The van der Waals surface area contributed by atoms with Crippen molar-refractivity contribution in [1.82, 2.24) is 5.32 Å². The lowest BCUT2D eigenvalue weighted by Gasteiger charge is -2.04. The number of rotatable bonds is 2. The van der Waals surface area contributed by atoms with E-state index in [1.807, 2.05) is 0 Å². The molecule has 0 aromatic heterocycles. The highest BCUT2D eigenvalue weighted by molar-refractivity contribution is 4.72. The van der Waals surface area contributed by atoms with Crippen LogP contribution in [-0.2, 0) is 4.74 Å². The van der Waals surface area contributed by atoms with E-state index in [2.05, 4.69) is 5.32 Å². The van der Waals surface area contributed by atoms with Crippen LogP contribution in [-0.4, -0.2) is 26.3 Å². The van der Waals surface area contributed by atoms with Gasteiger partial charge in [-0.15, -0.1) is 0 Å². The summed E-state index contributed by atoms with van der Waals surface area (Å²) in [4.78, 5) is 0. The fraction of sp³-hybridized carbons (Fsp3) is 1.00. The summed E-state index contributed by atoms with van der Waals surface area (Å²) in [5.41, 5.74) is 0. The molecule has 0 aliphatic carbocycles. The van der Waals surface area contributed by atoms with Crippen LogP contribution in [0.4, 0.5) is 0 Å². The summed E-state index contributed by atoms with van der Waals surface area (Å²) in [6, 6.07) is 0.514. The van der Waals surface area contributed by atoms with Crippen molar-refractivity contribution in [2.24, 2.45) is 0 Å². The maximum atomic E-state index is 4.93. The minimum atomic E-state index is 0.514. The van der Waals surface area contributed by atoms with Crippen molar-refractivity contribution in [3.05, 3.63) is 0 Å². The van der Waals surface area contributed by atoms with Crippen molar-refractivity contribution in [3.8, 4) is 0 Å². The summed E-state index contributed by atoms with van der Waals surface area (Å²) in [7, 11) is 1.73. The molecule has 0 bridgehead atoms. The molecule has 8 heavy (non-hydrogen) atoms. The summed E-state index contributed by atoms with van der Waals surface area (Å²) < 4.78 is 4.93. The van der Waals surface area contributed by atoms with Gasteiger partial charge in [0.25, 0.3) is 0 Å². The van der Waals surface area contributed by atoms with Gasteiger partial charge in [-0.1, -0.05) is 0 Å². The second-order valence-electron chi connectivity index (χ2n) is 2.16. The first kappa shape index (κ1) is 6.05. The van der Waals surface area contributed by atoms with E-state index in [0.717, 1.165) is 13.2 Å². The van der Waals surface area contributed by atoms with E-state index in [1.165, 1.54) is 12.8 Å². The molecule has 2 nitrogen and oxygen atoms in total. The summed E-state index contributed by atoms with van der Waals surface area (Å²) >= 11 is 0. The van der Waals surface area contributed by atoms with E-state index in [4.69, 9.17) is 4.74 Å². The third-order valence-electron chi connectivity index (χ3n) is 1.44. The number of ether oxygens (including phenoxy) is 1. The maximum absolute atomic E-state index is 4.93. The van der Waals surface area contributed by atoms with Crippen LogP contribution in [0.15, 0.2) is 0 Å². The number of hydrogen-bond acceptors (Lipinski definition) is 1. The lowest BCUT2D eigenvalue weighted by molar-refractivity contribution is 0.172. The highest BCUT2D eigenvalue weighted by Gasteiger charge is 2.13. The van der Waals surface area contributed by atoms with Gasteiger partial charge >= 0.3 is 0 Å². The predicted molar refractivity (Wildman–Crippen MR) is 31.9 cm³/mol. The zero-order chi connectivity index (χ0) is 5.82. The van der Waals surface area contributed by atoms with Gasteiger partial charge < -0.3 is 4.74 Å². The van der Waals surface area contributed by atoms with E-state index >= 15 is 0 Å². The van der Waals surface area contributed by atoms with Crippen LogP contribution in [0.1, 0.15) is 12.8 Å². The van der Waals surface area contributed by atoms with E-state index < -0.39 is 0 Å². The van der Waals surface area contributed by atoms with Crippen LogP contribution in [0, 0.1) is 0 Å². The molecular formula is C6H12NO. The van der Waals surface area contributed by atoms with Crippen molar-refractivity contribution in [2.45, 2.75) is 18.9 Å². The molecular weight excluding hydrogens is 102 g/mol. The lowest BCUT2D eigenvalue weighted by Crippen LogP contribution is -2.19. The first-order valence-electron chi connectivity index (χ1n) is 3.09. The summed E-state index contributed by atoms with van der Waals surface area (Å²) in [5, 5.41) is 4.30. The van der Waals surface area contributed by atoms with Crippen LogP contribution < -0.4 is 5.32 Å². The number of hydrogen-bond donors (Lipinski definition) is 0. The van der Waals surface area contributed by atoms with Gasteiger partial charge in [-0.3, -0.25) is 0 Å². The van der Waals surface area contributed by atoms with Crippen molar-refractivity contribution < 1.29 is 4.74 Å². The fourth-order valence-electron chi connectivity index (χ4n) is 1.02. The summed E-state index contributed by atoms with van der Waals surface area (Å²) in [5.74, 6) is 0. The van der Waals surface area contributed by atoms with Crippen LogP contribution in [0.5, 0.6) is 0 Å². The van der Waals surface area contributed by atoms with Gasteiger partial charge in [-0.25, -0.2) is 5.32 Å². The van der Waals surface area contributed by atoms with E-state index in [9.17, 15) is 0 Å². The molecule has 47 valence electrons. The van der Waals surface area contributed by atoms with Crippen molar-refractivity contribution >= 4 is 0 Å². The maximum Gasteiger partial charge on any atom is 0.0632 e. The standard InChI is InChI=1S/C6H12NO/c1-8-5-6-3-2-4-7-6/h6H,2-5H2,1H3/t6-/m1/s1. The first-order chi connectivity index (χ1) is 3.93. The van der Waals surface area contributed by atoms with Crippen LogP contribution in [0.25, 0.3) is 0 Å². The normalized spacial score (nSPS) is 28.9. The average molecular weight is 114 g/mol. The zero-order valence-corrected chi connectivity index (χ0v) is 5.26. The highest BCUT2D eigenvalue weighted by atomic mass is 16.5. The minimum absolute atomic E-state index is 0.514. The highest BCUT2D eigenvalue weighted by Crippen LogP contribution is 2.05. The Bertz CT molecular complexity index is 59.5. The third kappa shape index (κ3) is 1.46. The van der Waals surface area contributed by atoms with Crippen molar-refractivity contribution in [2.75, 3.05) is 20.3 Å². The van der Waals surface area contributed by atoms with Crippen LogP contribution in [0.3, 0.4) is 0 Å². The van der Waals surface area contributed by atoms with Gasteiger partial charge in [0, 0.05) is 19.7 Å². The Balaban J connectivity index is 2.06. The molecule has 0 saturated carbocycles. The van der Waals surface area contributed by atoms with Gasteiger partial charge in [0.15, 0.2) is 0 Å². The fourth-order valence-corrected chi connectivity index (χ4v) is 1.02. The third-order valence-corrected chi connectivity index (χ3v) is 1.44. The molecule has 2 heteroatoms.